The zero-order valence-electron chi connectivity index (χ0n) is 5.40. The molecule has 0 nitrogen and oxygen atoms in total. The van der Waals surface area contributed by atoms with Gasteiger partial charge in [0.2, 0.25) is 0 Å². The second-order valence-electron chi connectivity index (χ2n) is 1.30. The molecule has 0 atom stereocenters. The molecule has 0 heterocycles. The quantitative estimate of drug-likeness (QED) is 0.659. The van der Waals surface area contributed by atoms with Crippen LogP contribution < -0.4 is 0 Å². The molecule has 5 heteroatoms. The van der Waals surface area contributed by atoms with Crippen LogP contribution in [0.1, 0.15) is 0 Å². The van der Waals surface area contributed by atoms with Gasteiger partial charge in [-0.25, -0.2) is 0 Å². The molecule has 11 heavy (non-hydrogen) atoms. The van der Waals surface area contributed by atoms with Crippen LogP contribution in [0.25, 0.3) is 0 Å². The van der Waals surface area contributed by atoms with Gasteiger partial charge in [-0.05, 0) is 12.1 Å². The molecule has 0 aliphatic carbocycles. The lowest BCUT2D eigenvalue weighted by Gasteiger charge is -1.80. The van der Waals surface area contributed by atoms with Crippen molar-refractivity contribution in [2.75, 3.05) is 0 Å². The Hall–Kier alpha value is 0.670. The highest BCUT2D eigenvalue weighted by Gasteiger charge is 1.74. The monoisotopic (exact) mass is 256 g/mol. The first-order valence-electron chi connectivity index (χ1n) is 2.10. The molecule has 68 valence electrons. The lowest BCUT2D eigenvalue weighted by atomic mass is 10.4. The summed E-state index contributed by atoms with van der Waals surface area (Å²) in [5.41, 5.74) is 0. The van der Waals surface area contributed by atoms with Gasteiger partial charge in [0.1, 0.15) is 0 Å². The average Bonchev–Trinajstić information content (AvgIpc) is 1.69. The van der Waals surface area contributed by atoms with Gasteiger partial charge in [-0.1, -0.05) is 29.8 Å². The fourth-order valence-electron chi connectivity index (χ4n) is 0.415. The normalized spacial score (nSPS) is 5.55. The summed E-state index contributed by atoms with van der Waals surface area (Å²) >= 11 is 5.54. The van der Waals surface area contributed by atoms with Crippen LogP contribution in [0.5, 0.6) is 0 Å². The molecule has 0 aliphatic rings. The average molecular weight is 258 g/mol. The van der Waals surface area contributed by atoms with Gasteiger partial charge in [0.15, 0.2) is 0 Å². The zero-order chi connectivity index (χ0) is 5.11. The lowest BCUT2D eigenvalue weighted by molar-refractivity contribution is 1.71. The molecule has 1 aromatic carbocycles. The van der Waals surface area contributed by atoms with Crippen LogP contribution in [0.2, 0.25) is 5.02 Å². The Morgan fingerprint density at radius 2 is 1.09 bits per heavy atom. The maximum Gasteiger partial charge on any atom is 0.0405 e. The number of benzene rings is 1. The molecule has 0 radical (unpaired) electrons. The summed E-state index contributed by atoms with van der Waals surface area (Å²) in [7, 11) is 0. The fraction of sp³-hybridized carbons (Fsp3) is 0. The molecule has 0 bridgehead atoms. The summed E-state index contributed by atoms with van der Waals surface area (Å²) < 4.78 is 0. The van der Waals surface area contributed by atoms with Crippen LogP contribution in [0.15, 0.2) is 30.3 Å². The molecule has 0 fully saturated rings. The zero-order valence-corrected chi connectivity index (χ0v) is 9.42. The fourth-order valence-corrected chi connectivity index (χ4v) is 0.560. The van der Waals surface area contributed by atoms with Gasteiger partial charge >= 0.3 is 0 Å². The highest BCUT2D eigenvalue weighted by Crippen LogP contribution is 2.03. The molecule has 0 saturated carbocycles. The summed E-state index contributed by atoms with van der Waals surface area (Å²) in [5.74, 6) is 0. The molecule has 1 aromatic rings. The van der Waals surface area contributed by atoms with Gasteiger partial charge in [0.25, 0.3) is 0 Å². The topological polar surface area (TPSA) is 0 Å². The van der Waals surface area contributed by atoms with Crippen LogP contribution in [0.3, 0.4) is 0 Å². The Bertz CT molecular complexity index is 141. The lowest BCUT2D eigenvalue weighted by Crippen LogP contribution is -1.55. The number of halogens is 5. The summed E-state index contributed by atoms with van der Waals surface area (Å²) in [6.07, 6.45) is 0. The van der Waals surface area contributed by atoms with Crippen LogP contribution in [0.4, 0.5) is 0 Å². The van der Waals surface area contributed by atoms with Crippen molar-refractivity contribution in [1.29, 1.82) is 0 Å². The molecule has 0 N–H and O–H groups in total. The minimum Gasteiger partial charge on any atom is -0.147 e. The number of rotatable bonds is 0. The van der Waals surface area contributed by atoms with Gasteiger partial charge in [-0.3, -0.25) is 0 Å². The van der Waals surface area contributed by atoms with Gasteiger partial charge in [-0.2, -0.15) is 0 Å². The summed E-state index contributed by atoms with van der Waals surface area (Å²) in [4.78, 5) is 0. The van der Waals surface area contributed by atoms with E-state index in [2.05, 4.69) is 0 Å². The van der Waals surface area contributed by atoms with E-state index >= 15 is 0 Å². The van der Waals surface area contributed by atoms with E-state index in [-0.39, 0.29) is 49.6 Å². The van der Waals surface area contributed by atoms with Crippen molar-refractivity contribution >= 4 is 61.2 Å². The molecule has 1 rings (SSSR count). The Balaban J connectivity index is -0.0000000612. The van der Waals surface area contributed by atoms with E-state index in [1.54, 1.807) is 0 Å². The summed E-state index contributed by atoms with van der Waals surface area (Å²) in [6, 6.07) is 9.44. The van der Waals surface area contributed by atoms with Gasteiger partial charge < -0.3 is 0 Å². The van der Waals surface area contributed by atoms with Crippen molar-refractivity contribution in [2.45, 2.75) is 0 Å². The maximum atomic E-state index is 5.54. The molecule has 0 aromatic heterocycles. The molecule has 0 aliphatic heterocycles. The maximum absolute atomic E-state index is 5.54. The molecular formula is C6H9Cl5. The van der Waals surface area contributed by atoms with E-state index in [9.17, 15) is 0 Å². The standard InChI is InChI=1S/C6H5Cl.4ClH/c7-6-4-2-1-3-5-6;;;;/h1-5H;4*1H. The van der Waals surface area contributed by atoms with Crippen molar-refractivity contribution in [3.05, 3.63) is 35.4 Å². The van der Waals surface area contributed by atoms with Gasteiger partial charge in [0.05, 0.1) is 0 Å². The Morgan fingerprint density at radius 3 is 1.27 bits per heavy atom. The van der Waals surface area contributed by atoms with Crippen molar-refractivity contribution < 1.29 is 0 Å². The van der Waals surface area contributed by atoms with Crippen molar-refractivity contribution in [3.8, 4) is 0 Å². The number of hydrogen-bond acceptors (Lipinski definition) is 0. The summed E-state index contributed by atoms with van der Waals surface area (Å²) in [5, 5.41) is 0.794. The van der Waals surface area contributed by atoms with E-state index in [0.29, 0.717) is 0 Å². The molecule has 0 unspecified atom stereocenters. The van der Waals surface area contributed by atoms with E-state index < -0.39 is 0 Å². The van der Waals surface area contributed by atoms with Gasteiger partial charge in [0, 0.05) is 5.02 Å². The first-order valence-corrected chi connectivity index (χ1v) is 2.48. The first-order chi connectivity index (χ1) is 3.39. The largest absolute Gasteiger partial charge is 0.147 e. The predicted molar refractivity (Wildman–Crippen MR) is 60.4 cm³/mol. The Labute approximate surface area is 96.3 Å². The van der Waals surface area contributed by atoms with Crippen LogP contribution in [-0.4, -0.2) is 0 Å². The van der Waals surface area contributed by atoms with Crippen molar-refractivity contribution in [2.24, 2.45) is 0 Å². The van der Waals surface area contributed by atoms with E-state index in [4.69, 9.17) is 11.6 Å². The molecular weight excluding hydrogens is 249 g/mol. The predicted octanol–water partition coefficient (Wildman–Crippen LogP) is 4.03. The highest BCUT2D eigenvalue weighted by atomic mass is 35.5. The highest BCUT2D eigenvalue weighted by molar-refractivity contribution is 6.30. The SMILES string of the molecule is Cl.Cl.Cl.Cl.Clc1ccccc1. The van der Waals surface area contributed by atoms with Crippen molar-refractivity contribution in [3.63, 3.8) is 0 Å². The number of hydrogen-bond donors (Lipinski definition) is 0. The molecule has 0 spiro atoms. The van der Waals surface area contributed by atoms with Gasteiger partial charge in [-0.15, -0.1) is 49.6 Å². The van der Waals surface area contributed by atoms with Crippen LogP contribution in [0, 0.1) is 0 Å². The van der Waals surface area contributed by atoms with Crippen molar-refractivity contribution in [1.82, 2.24) is 0 Å². The second kappa shape index (κ2) is 13.3. The third-order valence-corrected chi connectivity index (χ3v) is 0.985. The Morgan fingerprint density at radius 1 is 0.727 bits per heavy atom. The second-order valence-corrected chi connectivity index (χ2v) is 1.73. The smallest absolute Gasteiger partial charge is 0.0405 e. The van der Waals surface area contributed by atoms with E-state index in [0.717, 1.165) is 5.02 Å². The minimum atomic E-state index is 0. The van der Waals surface area contributed by atoms with E-state index in [1.165, 1.54) is 0 Å². The Kier molecular flexibility index (Phi) is 27.3. The third kappa shape index (κ3) is 10.7. The molecule has 0 amide bonds. The summed E-state index contributed by atoms with van der Waals surface area (Å²) in [6.45, 7) is 0. The minimum absolute atomic E-state index is 0. The first kappa shape index (κ1) is 22.6. The van der Waals surface area contributed by atoms with E-state index in [1.807, 2.05) is 30.3 Å². The van der Waals surface area contributed by atoms with Crippen LogP contribution >= 0.6 is 61.2 Å². The third-order valence-electron chi connectivity index (χ3n) is 0.733. The molecule has 0 saturated heterocycles. The van der Waals surface area contributed by atoms with Crippen LogP contribution in [-0.2, 0) is 0 Å².